The highest BCUT2D eigenvalue weighted by Gasteiger charge is 1.98. The van der Waals surface area contributed by atoms with Crippen LogP contribution in [0, 0.1) is 0 Å². The summed E-state index contributed by atoms with van der Waals surface area (Å²) in [6.07, 6.45) is 9.12. The maximum atomic E-state index is 2.30. The monoisotopic (exact) mass is 186 g/mol. The van der Waals surface area contributed by atoms with Crippen molar-refractivity contribution in [2.75, 3.05) is 0 Å². The van der Waals surface area contributed by atoms with Gasteiger partial charge in [-0.15, -0.1) is 0 Å². The fourth-order valence-electron chi connectivity index (χ4n) is 1.46. The number of hydrogen-bond donors (Lipinski definition) is 0. The first-order valence-electron chi connectivity index (χ1n) is 5.39. The first-order chi connectivity index (χ1) is 6.97. The number of hydrogen-bond acceptors (Lipinski definition) is 0. The molecule has 1 aliphatic carbocycles. The van der Waals surface area contributed by atoms with Crippen molar-refractivity contribution in [3.05, 3.63) is 54.1 Å². The van der Waals surface area contributed by atoms with Crippen LogP contribution in [0.25, 0.3) is 5.57 Å². The Balaban J connectivity index is 0.000000461. The number of benzene rings is 1. The predicted molar refractivity (Wildman–Crippen MR) is 64.1 cm³/mol. The van der Waals surface area contributed by atoms with Crippen molar-refractivity contribution >= 4 is 5.57 Å². The van der Waals surface area contributed by atoms with Crippen LogP contribution in [-0.4, -0.2) is 0 Å². The third-order valence-corrected chi connectivity index (χ3v) is 2.10. The molecule has 0 unspecified atom stereocenters. The van der Waals surface area contributed by atoms with E-state index < -0.39 is 0 Å². The van der Waals surface area contributed by atoms with E-state index in [-0.39, 0.29) is 0 Å². The minimum atomic E-state index is 1.18. The van der Waals surface area contributed by atoms with Crippen LogP contribution in [0.3, 0.4) is 0 Å². The van der Waals surface area contributed by atoms with E-state index in [1.165, 1.54) is 24.0 Å². The molecule has 74 valence electrons. The zero-order chi connectivity index (χ0) is 10.2. The van der Waals surface area contributed by atoms with E-state index in [9.17, 15) is 0 Å². The van der Waals surface area contributed by atoms with Crippen LogP contribution >= 0.6 is 0 Å². The SMILES string of the molecule is C1=CC(c2ccccc2)=CCC1.CC. The van der Waals surface area contributed by atoms with Crippen molar-refractivity contribution in [2.24, 2.45) is 0 Å². The normalized spacial score (nSPS) is 14.0. The van der Waals surface area contributed by atoms with Gasteiger partial charge in [-0.3, -0.25) is 0 Å². The van der Waals surface area contributed by atoms with E-state index in [0.717, 1.165) is 0 Å². The second kappa shape index (κ2) is 6.20. The summed E-state index contributed by atoms with van der Waals surface area (Å²) in [5.41, 5.74) is 2.69. The van der Waals surface area contributed by atoms with Crippen LogP contribution in [0.15, 0.2) is 48.6 Å². The summed E-state index contributed by atoms with van der Waals surface area (Å²) >= 11 is 0. The standard InChI is InChI=1S/C12H12.C2H6/c1-3-7-11(8-4-1)12-9-5-2-6-10-12;1-2/h1,3-5,7-10H,2,6H2;1-2H3. The third kappa shape index (κ3) is 2.88. The van der Waals surface area contributed by atoms with E-state index in [1.54, 1.807) is 0 Å². The van der Waals surface area contributed by atoms with Crippen LogP contribution in [0.5, 0.6) is 0 Å². The van der Waals surface area contributed by atoms with E-state index in [2.05, 4.69) is 48.6 Å². The molecule has 0 saturated heterocycles. The fourth-order valence-corrected chi connectivity index (χ4v) is 1.46. The third-order valence-electron chi connectivity index (χ3n) is 2.10. The molecule has 2 rings (SSSR count). The van der Waals surface area contributed by atoms with Crippen molar-refractivity contribution < 1.29 is 0 Å². The Morgan fingerprint density at radius 3 is 2.21 bits per heavy atom. The topological polar surface area (TPSA) is 0 Å². The summed E-state index contributed by atoms with van der Waals surface area (Å²) in [6, 6.07) is 10.5. The van der Waals surface area contributed by atoms with Crippen LogP contribution in [-0.2, 0) is 0 Å². The van der Waals surface area contributed by atoms with Crippen LogP contribution in [0.1, 0.15) is 32.3 Å². The Bertz CT molecular complexity index is 304. The average molecular weight is 186 g/mol. The van der Waals surface area contributed by atoms with Gasteiger partial charge in [0.15, 0.2) is 0 Å². The summed E-state index contributed by atoms with van der Waals surface area (Å²) in [7, 11) is 0. The molecule has 14 heavy (non-hydrogen) atoms. The van der Waals surface area contributed by atoms with Gasteiger partial charge in [0.1, 0.15) is 0 Å². The molecule has 1 aliphatic rings. The molecule has 0 amide bonds. The van der Waals surface area contributed by atoms with Gasteiger partial charge in [0.2, 0.25) is 0 Å². The second-order valence-corrected chi connectivity index (χ2v) is 3.01. The van der Waals surface area contributed by atoms with Gasteiger partial charge >= 0.3 is 0 Å². The molecule has 0 heterocycles. The molecule has 1 aromatic carbocycles. The molecular formula is C14H18. The first kappa shape index (κ1) is 10.8. The summed E-state index contributed by atoms with van der Waals surface area (Å²) < 4.78 is 0. The summed E-state index contributed by atoms with van der Waals surface area (Å²) in [4.78, 5) is 0. The van der Waals surface area contributed by atoms with E-state index >= 15 is 0 Å². The van der Waals surface area contributed by atoms with Crippen LogP contribution < -0.4 is 0 Å². The van der Waals surface area contributed by atoms with Crippen molar-refractivity contribution in [1.82, 2.24) is 0 Å². The van der Waals surface area contributed by atoms with Gasteiger partial charge in [-0.1, -0.05) is 62.4 Å². The predicted octanol–water partition coefficient (Wildman–Crippen LogP) is 4.45. The average Bonchev–Trinajstić information content (AvgIpc) is 2.34. The lowest BCUT2D eigenvalue weighted by Gasteiger charge is -2.05. The smallest absolute Gasteiger partial charge is 0.0187 e. The molecule has 1 aromatic rings. The zero-order valence-corrected chi connectivity index (χ0v) is 9.03. The number of rotatable bonds is 1. The zero-order valence-electron chi connectivity index (χ0n) is 9.03. The lowest BCUT2D eigenvalue weighted by molar-refractivity contribution is 1.04. The Morgan fingerprint density at radius 2 is 1.64 bits per heavy atom. The second-order valence-electron chi connectivity index (χ2n) is 3.01. The van der Waals surface area contributed by atoms with Gasteiger partial charge in [0.05, 0.1) is 0 Å². The minimum Gasteiger partial charge on any atom is -0.0836 e. The Morgan fingerprint density at radius 1 is 0.929 bits per heavy atom. The highest BCUT2D eigenvalue weighted by atomic mass is 14.0. The summed E-state index contributed by atoms with van der Waals surface area (Å²) in [5, 5.41) is 0. The molecule has 0 fully saturated rings. The van der Waals surface area contributed by atoms with Gasteiger partial charge in [0.25, 0.3) is 0 Å². The molecule has 0 radical (unpaired) electrons. The lowest BCUT2D eigenvalue weighted by Crippen LogP contribution is -1.84. The summed E-state index contributed by atoms with van der Waals surface area (Å²) in [6.45, 7) is 4.00. The van der Waals surface area contributed by atoms with Gasteiger partial charge < -0.3 is 0 Å². The van der Waals surface area contributed by atoms with E-state index in [0.29, 0.717) is 0 Å². The maximum absolute atomic E-state index is 2.30. The first-order valence-corrected chi connectivity index (χ1v) is 5.39. The van der Waals surface area contributed by atoms with Crippen molar-refractivity contribution in [3.8, 4) is 0 Å². The van der Waals surface area contributed by atoms with Crippen molar-refractivity contribution in [3.63, 3.8) is 0 Å². The summed E-state index contributed by atoms with van der Waals surface area (Å²) in [5.74, 6) is 0. The van der Waals surface area contributed by atoms with Crippen molar-refractivity contribution in [1.29, 1.82) is 0 Å². The highest BCUT2D eigenvalue weighted by Crippen LogP contribution is 2.20. The Hall–Kier alpha value is -1.30. The van der Waals surface area contributed by atoms with Gasteiger partial charge in [-0.25, -0.2) is 0 Å². The molecule has 0 atom stereocenters. The van der Waals surface area contributed by atoms with Crippen LogP contribution in [0.4, 0.5) is 0 Å². The fraction of sp³-hybridized carbons (Fsp3) is 0.286. The number of allylic oxidation sites excluding steroid dienone is 4. The quantitative estimate of drug-likeness (QED) is 0.608. The molecular weight excluding hydrogens is 168 g/mol. The molecule has 0 aromatic heterocycles. The Labute approximate surface area is 87.0 Å². The molecule has 0 heteroatoms. The van der Waals surface area contributed by atoms with Gasteiger partial charge in [-0.2, -0.15) is 0 Å². The molecule has 0 saturated carbocycles. The van der Waals surface area contributed by atoms with E-state index in [4.69, 9.17) is 0 Å². The van der Waals surface area contributed by atoms with Gasteiger partial charge in [0, 0.05) is 0 Å². The van der Waals surface area contributed by atoms with Gasteiger partial charge in [-0.05, 0) is 24.0 Å². The molecule has 0 spiro atoms. The molecule has 0 bridgehead atoms. The van der Waals surface area contributed by atoms with Crippen LogP contribution in [0.2, 0.25) is 0 Å². The molecule has 0 N–H and O–H groups in total. The largest absolute Gasteiger partial charge is 0.0836 e. The molecule has 0 nitrogen and oxygen atoms in total. The minimum absolute atomic E-state index is 1.18. The lowest BCUT2D eigenvalue weighted by atomic mass is 10.00. The highest BCUT2D eigenvalue weighted by molar-refractivity contribution is 5.74. The Kier molecular flexibility index (Phi) is 4.77. The maximum Gasteiger partial charge on any atom is -0.0187 e. The van der Waals surface area contributed by atoms with Crippen molar-refractivity contribution in [2.45, 2.75) is 26.7 Å². The molecule has 0 aliphatic heterocycles. The van der Waals surface area contributed by atoms with E-state index in [1.807, 2.05) is 13.8 Å².